The van der Waals surface area contributed by atoms with Crippen molar-refractivity contribution in [3.05, 3.63) is 125 Å². The Kier molecular flexibility index (Phi) is 11.5. The van der Waals surface area contributed by atoms with E-state index in [1.165, 1.54) is 9.80 Å². The van der Waals surface area contributed by atoms with Crippen LogP contribution in [0.2, 0.25) is 0 Å². The number of fused-ring (bicyclic) bond motifs is 2. The van der Waals surface area contributed by atoms with E-state index in [4.69, 9.17) is 14.9 Å². The SMILES string of the molecule is CC(C)C(C)N1C(=O)c2ccc3c4ccc5c6c(ccc(c7ccc(c2c37)C1=O)c64)C(=O)N(c1ccc(Oc2ccccc2)cc1)C5=O.CC(C)C(C)O.COCCO. The van der Waals surface area contributed by atoms with Crippen molar-refractivity contribution >= 4 is 72.4 Å². The zero-order valence-electron chi connectivity index (χ0n) is 34.3. The summed E-state index contributed by atoms with van der Waals surface area (Å²) < 4.78 is 10.4. The Balaban J connectivity index is 0.000000427. The molecule has 4 amide bonds. The van der Waals surface area contributed by atoms with Gasteiger partial charge in [0.05, 0.1) is 25.0 Å². The van der Waals surface area contributed by atoms with Crippen molar-refractivity contribution in [3.63, 3.8) is 0 Å². The smallest absolute Gasteiger partial charge is 0.265 e. The molecule has 2 atom stereocenters. The fourth-order valence-corrected chi connectivity index (χ4v) is 7.57. The van der Waals surface area contributed by atoms with Gasteiger partial charge < -0.3 is 19.7 Å². The van der Waals surface area contributed by atoms with Gasteiger partial charge in [0, 0.05) is 46.2 Å². The van der Waals surface area contributed by atoms with Gasteiger partial charge in [-0.25, -0.2) is 4.90 Å². The first-order valence-corrected chi connectivity index (χ1v) is 19.9. The van der Waals surface area contributed by atoms with Crippen molar-refractivity contribution in [1.29, 1.82) is 0 Å². The average molecular weight is 793 g/mol. The highest BCUT2D eigenvalue weighted by atomic mass is 16.5. The predicted molar refractivity (Wildman–Crippen MR) is 232 cm³/mol. The number of carbonyl (C=O) groups is 4. The molecule has 0 radical (unpaired) electrons. The first-order valence-electron chi connectivity index (χ1n) is 19.9. The van der Waals surface area contributed by atoms with Crippen LogP contribution in [-0.2, 0) is 4.74 Å². The topological polar surface area (TPSA) is 134 Å². The summed E-state index contributed by atoms with van der Waals surface area (Å²) in [7, 11) is 1.55. The molecule has 2 unspecified atom stereocenters. The second-order valence-electron chi connectivity index (χ2n) is 15.7. The maximum absolute atomic E-state index is 14.1. The summed E-state index contributed by atoms with van der Waals surface area (Å²) in [6.07, 6.45) is -0.148. The number of rotatable bonds is 8. The van der Waals surface area contributed by atoms with Gasteiger partial charge in [-0.1, -0.05) is 70.2 Å². The number of para-hydroxylation sites is 1. The Labute approximate surface area is 342 Å². The molecule has 0 aromatic heterocycles. The van der Waals surface area contributed by atoms with E-state index in [2.05, 4.69) is 4.74 Å². The summed E-state index contributed by atoms with van der Waals surface area (Å²) in [5.41, 5.74) is 2.34. The molecule has 0 fully saturated rings. The molecule has 0 saturated heterocycles. The van der Waals surface area contributed by atoms with Crippen LogP contribution in [0.4, 0.5) is 5.69 Å². The van der Waals surface area contributed by atoms with E-state index >= 15 is 0 Å². The van der Waals surface area contributed by atoms with Crippen LogP contribution in [0.1, 0.15) is 83.0 Å². The Hall–Kier alpha value is -6.20. The third-order valence-corrected chi connectivity index (χ3v) is 11.4. The third-order valence-electron chi connectivity index (χ3n) is 11.4. The van der Waals surface area contributed by atoms with Gasteiger partial charge >= 0.3 is 0 Å². The second kappa shape index (κ2) is 16.6. The molecular weight excluding hydrogens is 745 g/mol. The number of amides is 4. The molecule has 9 rings (SSSR count). The van der Waals surface area contributed by atoms with E-state index in [1.807, 2.05) is 101 Å². The number of aliphatic hydroxyl groups is 2. The second-order valence-corrected chi connectivity index (χ2v) is 15.7. The van der Waals surface area contributed by atoms with Crippen molar-refractivity contribution < 1.29 is 38.9 Å². The number of imide groups is 2. The monoisotopic (exact) mass is 792 g/mol. The number of carbonyl (C=O) groups excluding carboxylic acids is 4. The number of ether oxygens (including phenoxy) is 2. The van der Waals surface area contributed by atoms with E-state index in [0.29, 0.717) is 62.7 Å². The molecule has 0 bridgehead atoms. The number of hydrogen-bond acceptors (Lipinski definition) is 8. The Morgan fingerprint density at radius 3 is 1.29 bits per heavy atom. The van der Waals surface area contributed by atoms with E-state index in [0.717, 1.165) is 32.3 Å². The van der Waals surface area contributed by atoms with Crippen molar-refractivity contribution in [2.24, 2.45) is 11.8 Å². The van der Waals surface area contributed by atoms with Gasteiger partial charge in [0.15, 0.2) is 0 Å². The minimum absolute atomic E-state index is 0.105. The molecule has 2 heterocycles. The summed E-state index contributed by atoms with van der Waals surface area (Å²) in [6, 6.07) is 30.9. The number of methoxy groups -OCH3 is 1. The predicted octanol–water partition coefficient (Wildman–Crippen LogP) is 9.62. The average Bonchev–Trinajstić information content (AvgIpc) is 3.23. The zero-order chi connectivity index (χ0) is 42.3. The summed E-state index contributed by atoms with van der Waals surface area (Å²) in [4.78, 5) is 58.4. The lowest BCUT2D eigenvalue weighted by molar-refractivity contribution is 0.0512. The molecule has 0 saturated carbocycles. The number of aliphatic hydroxyl groups excluding tert-OH is 2. The van der Waals surface area contributed by atoms with Gasteiger partial charge in [0.25, 0.3) is 23.6 Å². The van der Waals surface area contributed by atoms with E-state index < -0.39 is 11.8 Å². The summed E-state index contributed by atoms with van der Waals surface area (Å²) in [5, 5.41) is 22.9. The highest BCUT2D eigenvalue weighted by Gasteiger charge is 2.39. The van der Waals surface area contributed by atoms with Crippen molar-refractivity contribution in [3.8, 4) is 11.5 Å². The minimum Gasteiger partial charge on any atom is -0.457 e. The van der Waals surface area contributed by atoms with Crippen LogP contribution in [0.25, 0.3) is 43.1 Å². The van der Waals surface area contributed by atoms with Crippen LogP contribution >= 0.6 is 0 Å². The van der Waals surface area contributed by atoms with E-state index in [1.54, 1.807) is 50.4 Å². The van der Waals surface area contributed by atoms with Crippen molar-refractivity contribution in [2.75, 3.05) is 25.2 Å². The van der Waals surface area contributed by atoms with Crippen LogP contribution in [0, 0.1) is 11.8 Å². The molecule has 10 nitrogen and oxygen atoms in total. The number of benzene rings is 7. The molecule has 302 valence electrons. The van der Waals surface area contributed by atoms with E-state index in [9.17, 15) is 19.2 Å². The molecule has 0 aliphatic carbocycles. The Morgan fingerprint density at radius 1 is 0.525 bits per heavy atom. The fourth-order valence-electron chi connectivity index (χ4n) is 7.57. The largest absolute Gasteiger partial charge is 0.457 e. The fraction of sp³-hybridized carbons (Fsp3) is 0.265. The highest BCUT2D eigenvalue weighted by Crippen LogP contribution is 2.47. The Bertz CT molecular complexity index is 2590. The van der Waals surface area contributed by atoms with Gasteiger partial charge in [-0.2, -0.15) is 0 Å². The molecule has 7 aromatic carbocycles. The van der Waals surface area contributed by atoms with Gasteiger partial charge in [0.2, 0.25) is 0 Å². The standard InChI is InChI=1S/C41H28N2O5.C5H12O.C3H8O2/c1-21(2)22(3)42-38(44)30-17-13-26-28-15-19-32-37-33(20-16-29(35(28)37)27-14-18-31(39(42)45)36(30)34(26)27)41(47)43(40(32)46)23-9-11-25(12-10-23)48-24-7-5-4-6-8-24;1-4(2)5(3)6;1-5-3-2-4/h4-22H,1-3H3;4-6H,1-3H3;4H,2-3H2,1H3. The maximum atomic E-state index is 14.1. The molecule has 2 aliphatic heterocycles. The molecule has 2 N–H and O–H groups in total. The number of hydrogen-bond donors (Lipinski definition) is 2. The van der Waals surface area contributed by atoms with Crippen LogP contribution in [-0.4, -0.2) is 71.2 Å². The lowest BCUT2D eigenvalue weighted by atomic mass is 9.82. The summed E-state index contributed by atoms with van der Waals surface area (Å²) in [5.74, 6) is 0.406. The molecule has 0 spiro atoms. The summed E-state index contributed by atoms with van der Waals surface area (Å²) >= 11 is 0. The van der Waals surface area contributed by atoms with Crippen molar-refractivity contribution in [1.82, 2.24) is 4.90 Å². The molecule has 59 heavy (non-hydrogen) atoms. The lowest BCUT2D eigenvalue weighted by Crippen LogP contribution is -2.47. The van der Waals surface area contributed by atoms with Crippen molar-refractivity contribution in [2.45, 2.75) is 53.7 Å². The molecular formula is C49H48N2O8. The number of anilines is 1. The highest BCUT2D eigenvalue weighted by molar-refractivity contribution is 6.43. The van der Waals surface area contributed by atoms with Gasteiger partial charge in [-0.05, 0) is 119 Å². The lowest BCUT2D eigenvalue weighted by Gasteiger charge is -2.34. The van der Waals surface area contributed by atoms with E-state index in [-0.39, 0.29) is 36.5 Å². The molecule has 10 heteroatoms. The zero-order valence-corrected chi connectivity index (χ0v) is 34.3. The molecule has 7 aromatic rings. The van der Waals surface area contributed by atoms with Gasteiger partial charge in [0.1, 0.15) is 11.5 Å². The van der Waals surface area contributed by atoms with Crippen LogP contribution in [0.15, 0.2) is 103 Å². The molecule has 2 aliphatic rings. The summed E-state index contributed by atoms with van der Waals surface area (Å²) in [6.45, 7) is 12.3. The van der Waals surface area contributed by atoms with Crippen LogP contribution in [0.3, 0.4) is 0 Å². The van der Waals surface area contributed by atoms with Crippen LogP contribution in [0.5, 0.6) is 11.5 Å². The Morgan fingerprint density at radius 2 is 0.932 bits per heavy atom. The number of nitrogens with zero attached hydrogens (tertiary/aromatic N) is 2. The normalized spacial score (nSPS) is 14.6. The van der Waals surface area contributed by atoms with Gasteiger partial charge in [-0.15, -0.1) is 0 Å². The first kappa shape index (κ1) is 41.0. The van der Waals surface area contributed by atoms with Crippen LogP contribution < -0.4 is 9.64 Å². The maximum Gasteiger partial charge on any atom is 0.265 e. The third kappa shape index (κ3) is 7.18. The quantitative estimate of drug-likeness (QED) is 0.0883. The first-order chi connectivity index (χ1) is 28.3. The minimum atomic E-state index is -0.403. The van der Waals surface area contributed by atoms with Gasteiger partial charge in [-0.3, -0.25) is 24.1 Å².